The maximum absolute atomic E-state index is 12.9. The summed E-state index contributed by atoms with van der Waals surface area (Å²) in [6, 6.07) is 19.5. The molecule has 0 bridgehead atoms. The third-order valence-electron chi connectivity index (χ3n) is 5.65. The molecule has 1 aliphatic heterocycles. The maximum atomic E-state index is 12.9. The van der Waals surface area contributed by atoms with Crippen molar-refractivity contribution in [3.63, 3.8) is 0 Å². The first-order valence-corrected chi connectivity index (χ1v) is 11.8. The van der Waals surface area contributed by atoms with Crippen molar-refractivity contribution in [1.29, 1.82) is 0 Å². The predicted octanol–water partition coefficient (Wildman–Crippen LogP) is 3.05. The van der Waals surface area contributed by atoms with E-state index in [1.165, 1.54) is 35.5 Å². The molecule has 1 heterocycles. The molecule has 3 aromatic rings. The standard InChI is InChI=1S/C24H24N2O5S/c1-18(27)25-13-15-26(16-14-25)32(29,30)22-11-9-20(10-12-22)24(28)31-17-21-7-4-6-19-5-2-3-8-23(19)21/h2-12H,13-17H2,1H3. The fourth-order valence-corrected chi connectivity index (χ4v) is 5.22. The largest absolute Gasteiger partial charge is 0.457 e. The normalized spacial score (nSPS) is 15.0. The van der Waals surface area contributed by atoms with E-state index in [1.807, 2.05) is 42.5 Å². The number of sulfonamides is 1. The van der Waals surface area contributed by atoms with Gasteiger partial charge >= 0.3 is 5.97 Å². The van der Waals surface area contributed by atoms with Gasteiger partial charge in [-0.3, -0.25) is 4.79 Å². The summed E-state index contributed by atoms with van der Waals surface area (Å²) in [6.07, 6.45) is 0. The minimum Gasteiger partial charge on any atom is -0.457 e. The van der Waals surface area contributed by atoms with E-state index in [0.717, 1.165) is 16.3 Å². The lowest BCUT2D eigenvalue weighted by Gasteiger charge is -2.33. The van der Waals surface area contributed by atoms with Gasteiger partial charge < -0.3 is 9.64 Å². The van der Waals surface area contributed by atoms with Crippen molar-refractivity contribution in [1.82, 2.24) is 9.21 Å². The minimum absolute atomic E-state index is 0.0617. The molecule has 1 saturated heterocycles. The Balaban J connectivity index is 1.42. The smallest absolute Gasteiger partial charge is 0.338 e. The highest BCUT2D eigenvalue weighted by Gasteiger charge is 2.29. The Bertz CT molecular complexity index is 1240. The van der Waals surface area contributed by atoms with E-state index in [4.69, 9.17) is 4.74 Å². The van der Waals surface area contributed by atoms with Gasteiger partial charge in [0.2, 0.25) is 15.9 Å². The minimum atomic E-state index is -3.69. The number of esters is 1. The molecular formula is C24H24N2O5S. The van der Waals surface area contributed by atoms with Crippen molar-refractivity contribution < 1.29 is 22.7 Å². The van der Waals surface area contributed by atoms with Crippen molar-refractivity contribution in [2.75, 3.05) is 26.2 Å². The third-order valence-corrected chi connectivity index (χ3v) is 7.56. The Morgan fingerprint density at radius 2 is 1.53 bits per heavy atom. The SMILES string of the molecule is CC(=O)N1CCN(S(=O)(=O)c2ccc(C(=O)OCc3cccc4ccccc34)cc2)CC1. The predicted molar refractivity (Wildman–Crippen MR) is 121 cm³/mol. The summed E-state index contributed by atoms with van der Waals surface area (Å²) in [7, 11) is -3.69. The lowest BCUT2D eigenvalue weighted by molar-refractivity contribution is -0.129. The molecule has 0 atom stereocenters. The van der Waals surface area contributed by atoms with Gasteiger partial charge in [0.25, 0.3) is 0 Å². The van der Waals surface area contributed by atoms with Crippen LogP contribution in [-0.2, 0) is 26.2 Å². The topological polar surface area (TPSA) is 84.0 Å². The van der Waals surface area contributed by atoms with Crippen LogP contribution in [0, 0.1) is 0 Å². The van der Waals surface area contributed by atoms with Crippen molar-refractivity contribution in [2.45, 2.75) is 18.4 Å². The summed E-state index contributed by atoms with van der Waals surface area (Å²) in [6.45, 7) is 2.83. The van der Waals surface area contributed by atoms with E-state index >= 15 is 0 Å². The number of carbonyl (C=O) groups is 2. The first-order chi connectivity index (χ1) is 15.4. The van der Waals surface area contributed by atoms with Crippen molar-refractivity contribution in [3.05, 3.63) is 77.9 Å². The molecule has 0 aliphatic carbocycles. The number of carbonyl (C=O) groups excluding carboxylic acids is 2. The fourth-order valence-electron chi connectivity index (χ4n) is 3.80. The lowest BCUT2D eigenvalue weighted by atomic mass is 10.1. The summed E-state index contributed by atoms with van der Waals surface area (Å²) < 4.78 is 32.6. The highest BCUT2D eigenvalue weighted by Crippen LogP contribution is 2.21. The molecule has 1 fully saturated rings. The molecule has 0 spiro atoms. The van der Waals surface area contributed by atoms with Gasteiger partial charge in [-0.1, -0.05) is 42.5 Å². The van der Waals surface area contributed by atoms with E-state index in [2.05, 4.69) is 0 Å². The summed E-state index contributed by atoms with van der Waals surface area (Å²) in [4.78, 5) is 25.7. The Kier molecular flexibility index (Phi) is 6.25. The first-order valence-electron chi connectivity index (χ1n) is 10.4. The number of amides is 1. The monoisotopic (exact) mass is 452 g/mol. The van der Waals surface area contributed by atoms with Gasteiger partial charge in [-0.05, 0) is 40.6 Å². The van der Waals surface area contributed by atoms with E-state index in [1.54, 1.807) is 4.90 Å². The molecule has 166 valence electrons. The lowest BCUT2D eigenvalue weighted by Crippen LogP contribution is -2.49. The molecule has 3 aromatic carbocycles. The summed E-state index contributed by atoms with van der Waals surface area (Å²) in [5.41, 5.74) is 1.19. The quantitative estimate of drug-likeness (QED) is 0.556. The summed E-state index contributed by atoms with van der Waals surface area (Å²) in [5.74, 6) is -0.578. The van der Waals surface area contributed by atoms with Crippen LogP contribution >= 0.6 is 0 Å². The number of piperazine rings is 1. The molecule has 0 aromatic heterocycles. The van der Waals surface area contributed by atoms with E-state index in [0.29, 0.717) is 13.1 Å². The van der Waals surface area contributed by atoms with Crippen LogP contribution in [0.2, 0.25) is 0 Å². The summed E-state index contributed by atoms with van der Waals surface area (Å²) >= 11 is 0. The van der Waals surface area contributed by atoms with Gasteiger partial charge in [0.05, 0.1) is 10.5 Å². The Hall–Kier alpha value is -3.23. The maximum Gasteiger partial charge on any atom is 0.338 e. The van der Waals surface area contributed by atoms with Gasteiger partial charge in [0.15, 0.2) is 0 Å². The van der Waals surface area contributed by atoms with Crippen molar-refractivity contribution in [3.8, 4) is 0 Å². The number of nitrogens with zero attached hydrogens (tertiary/aromatic N) is 2. The highest BCUT2D eigenvalue weighted by molar-refractivity contribution is 7.89. The van der Waals surface area contributed by atoms with Gasteiger partial charge in [0.1, 0.15) is 6.61 Å². The van der Waals surface area contributed by atoms with Crippen LogP contribution in [-0.4, -0.2) is 55.7 Å². The van der Waals surface area contributed by atoms with Gasteiger partial charge in [-0.25, -0.2) is 13.2 Å². The number of benzene rings is 3. The van der Waals surface area contributed by atoms with E-state index in [9.17, 15) is 18.0 Å². The Labute approximate surface area is 187 Å². The number of fused-ring (bicyclic) bond motifs is 1. The fraction of sp³-hybridized carbons (Fsp3) is 0.250. The molecule has 0 saturated carbocycles. The molecule has 1 amide bonds. The van der Waals surface area contributed by atoms with Gasteiger partial charge in [-0.2, -0.15) is 4.31 Å². The molecule has 0 radical (unpaired) electrons. The zero-order chi connectivity index (χ0) is 22.7. The molecule has 7 nitrogen and oxygen atoms in total. The van der Waals surface area contributed by atoms with Crippen LogP contribution in [0.15, 0.2) is 71.6 Å². The van der Waals surface area contributed by atoms with Crippen molar-refractivity contribution >= 4 is 32.7 Å². The van der Waals surface area contributed by atoms with Crippen LogP contribution in [0.4, 0.5) is 0 Å². The average Bonchev–Trinajstić information content (AvgIpc) is 2.82. The van der Waals surface area contributed by atoms with Crippen LogP contribution in [0.3, 0.4) is 0 Å². The number of rotatable bonds is 5. The molecule has 0 unspecified atom stereocenters. The average molecular weight is 453 g/mol. The molecular weight excluding hydrogens is 428 g/mol. The zero-order valence-corrected chi connectivity index (χ0v) is 18.5. The molecule has 0 N–H and O–H groups in total. The van der Waals surface area contributed by atoms with Crippen LogP contribution < -0.4 is 0 Å². The first kappa shape index (κ1) is 22.0. The third kappa shape index (κ3) is 4.51. The molecule has 8 heteroatoms. The van der Waals surface area contributed by atoms with Gasteiger partial charge in [-0.15, -0.1) is 0 Å². The number of hydrogen-bond acceptors (Lipinski definition) is 5. The Morgan fingerprint density at radius 3 is 2.22 bits per heavy atom. The molecule has 1 aliphatic rings. The highest BCUT2D eigenvalue weighted by atomic mass is 32.2. The van der Waals surface area contributed by atoms with E-state index < -0.39 is 16.0 Å². The molecule has 4 rings (SSSR count). The van der Waals surface area contributed by atoms with E-state index in [-0.39, 0.29) is 36.1 Å². The zero-order valence-electron chi connectivity index (χ0n) is 17.7. The van der Waals surface area contributed by atoms with Crippen molar-refractivity contribution in [2.24, 2.45) is 0 Å². The van der Waals surface area contributed by atoms with Crippen LogP contribution in [0.25, 0.3) is 10.8 Å². The number of hydrogen-bond donors (Lipinski definition) is 0. The van der Waals surface area contributed by atoms with Gasteiger partial charge in [0, 0.05) is 33.1 Å². The second-order valence-electron chi connectivity index (χ2n) is 7.65. The van der Waals surface area contributed by atoms with Crippen LogP contribution in [0.1, 0.15) is 22.8 Å². The Morgan fingerprint density at radius 1 is 0.875 bits per heavy atom. The number of ether oxygens (including phenoxy) is 1. The van der Waals surface area contributed by atoms with Crippen LogP contribution in [0.5, 0.6) is 0 Å². The summed E-state index contributed by atoms with van der Waals surface area (Å²) in [5, 5.41) is 2.09. The second-order valence-corrected chi connectivity index (χ2v) is 9.59. The second kappa shape index (κ2) is 9.10. The molecule has 32 heavy (non-hydrogen) atoms.